The van der Waals surface area contributed by atoms with E-state index in [1.165, 1.54) is 11.3 Å². The van der Waals surface area contributed by atoms with Gasteiger partial charge in [0, 0.05) is 13.0 Å². The zero-order valence-electron chi connectivity index (χ0n) is 13.3. The number of anilines is 1. The van der Waals surface area contributed by atoms with Crippen molar-refractivity contribution in [1.82, 2.24) is 25.1 Å². The summed E-state index contributed by atoms with van der Waals surface area (Å²) in [6, 6.07) is 7.46. The van der Waals surface area contributed by atoms with Gasteiger partial charge in [0.2, 0.25) is 0 Å². The van der Waals surface area contributed by atoms with E-state index in [9.17, 15) is 4.79 Å². The maximum Gasteiger partial charge on any atom is 0.321 e. The minimum atomic E-state index is -0.256. The topological polar surface area (TPSA) is 84.7 Å². The normalized spacial score (nSPS) is 16.8. The summed E-state index contributed by atoms with van der Waals surface area (Å²) in [5.74, 6) is 1.67. The molecule has 1 atom stereocenters. The number of hydrogen-bond donors (Lipinski definition) is 2. The highest BCUT2D eigenvalue weighted by molar-refractivity contribution is 7.22. The number of urea groups is 1. The van der Waals surface area contributed by atoms with Crippen LogP contribution < -0.4 is 10.6 Å². The second-order valence-corrected chi connectivity index (χ2v) is 6.77. The molecule has 1 aromatic carbocycles. The molecule has 2 aromatic heterocycles. The molecule has 0 saturated carbocycles. The number of para-hydroxylation sites is 1. The maximum atomic E-state index is 12.3. The van der Waals surface area contributed by atoms with Gasteiger partial charge in [-0.1, -0.05) is 30.4 Å². The minimum absolute atomic E-state index is 0.110. The second-order valence-electron chi connectivity index (χ2n) is 5.74. The Morgan fingerprint density at radius 2 is 2.25 bits per heavy atom. The molecule has 1 aliphatic heterocycles. The Kier molecular flexibility index (Phi) is 3.89. The van der Waals surface area contributed by atoms with Crippen molar-refractivity contribution in [2.75, 3.05) is 5.32 Å². The quantitative estimate of drug-likeness (QED) is 0.766. The van der Waals surface area contributed by atoms with E-state index in [-0.39, 0.29) is 12.1 Å². The number of benzene rings is 1. The second kappa shape index (κ2) is 6.20. The number of fused-ring (bicyclic) bond motifs is 2. The van der Waals surface area contributed by atoms with Crippen LogP contribution in [0.2, 0.25) is 0 Å². The van der Waals surface area contributed by atoms with Crippen molar-refractivity contribution < 1.29 is 4.79 Å². The molecule has 0 fully saturated rings. The molecule has 3 aromatic rings. The van der Waals surface area contributed by atoms with Crippen molar-refractivity contribution in [3.63, 3.8) is 0 Å². The standard InChI is InChI=1S/C16H18N6OS/c1-2-13-19-14-11(7-5-9-22(14)21-13)17-15(23)20-16-18-10-6-3-4-8-12(10)24-16/h3-4,6,8,11H,2,5,7,9H2,1H3,(H2,17,18,20,23)/t11-/m0/s1. The molecule has 2 N–H and O–H groups in total. The lowest BCUT2D eigenvalue weighted by Gasteiger charge is -2.22. The van der Waals surface area contributed by atoms with Crippen LogP contribution in [-0.2, 0) is 13.0 Å². The van der Waals surface area contributed by atoms with Gasteiger partial charge in [-0.15, -0.1) is 0 Å². The monoisotopic (exact) mass is 342 g/mol. The van der Waals surface area contributed by atoms with E-state index in [4.69, 9.17) is 0 Å². The third-order valence-corrected chi connectivity index (χ3v) is 5.01. The summed E-state index contributed by atoms with van der Waals surface area (Å²) in [5.41, 5.74) is 0.891. The number of aryl methyl sites for hydroxylation is 2. The first-order valence-corrected chi connectivity index (χ1v) is 8.91. The van der Waals surface area contributed by atoms with Gasteiger partial charge in [-0.2, -0.15) is 5.10 Å². The summed E-state index contributed by atoms with van der Waals surface area (Å²) in [4.78, 5) is 21.3. The van der Waals surface area contributed by atoms with Crippen molar-refractivity contribution in [3.05, 3.63) is 35.9 Å². The predicted octanol–water partition coefficient (Wildman–Crippen LogP) is 3.11. The fraction of sp³-hybridized carbons (Fsp3) is 0.375. The number of carbonyl (C=O) groups excluding carboxylic acids is 1. The zero-order valence-corrected chi connectivity index (χ0v) is 14.1. The van der Waals surface area contributed by atoms with Gasteiger partial charge in [0.25, 0.3) is 0 Å². The SMILES string of the molecule is CCc1nc2n(n1)CCC[C@@H]2NC(=O)Nc1nc2ccccc2s1. The fourth-order valence-electron chi connectivity index (χ4n) is 2.90. The maximum absolute atomic E-state index is 12.3. The Labute approximate surface area is 143 Å². The molecule has 2 amide bonds. The summed E-state index contributed by atoms with van der Waals surface area (Å²) >= 11 is 1.46. The van der Waals surface area contributed by atoms with Gasteiger partial charge in [-0.3, -0.25) is 5.32 Å². The summed E-state index contributed by atoms with van der Waals surface area (Å²) < 4.78 is 2.96. The van der Waals surface area contributed by atoms with Crippen LogP contribution >= 0.6 is 11.3 Å². The van der Waals surface area contributed by atoms with Crippen LogP contribution in [0, 0.1) is 0 Å². The van der Waals surface area contributed by atoms with E-state index in [0.717, 1.165) is 47.7 Å². The van der Waals surface area contributed by atoms with Crippen LogP contribution in [0.3, 0.4) is 0 Å². The van der Waals surface area contributed by atoms with Crippen molar-refractivity contribution in [1.29, 1.82) is 0 Å². The van der Waals surface area contributed by atoms with Crippen LogP contribution in [0.25, 0.3) is 10.2 Å². The lowest BCUT2D eigenvalue weighted by atomic mass is 10.1. The Bertz CT molecular complexity index is 853. The fourth-order valence-corrected chi connectivity index (χ4v) is 3.76. The third-order valence-electron chi connectivity index (χ3n) is 4.05. The van der Waals surface area contributed by atoms with Crippen molar-refractivity contribution >= 4 is 32.7 Å². The van der Waals surface area contributed by atoms with Crippen LogP contribution in [0.4, 0.5) is 9.93 Å². The van der Waals surface area contributed by atoms with Crippen LogP contribution in [0.1, 0.15) is 37.5 Å². The number of rotatable bonds is 3. The van der Waals surface area contributed by atoms with E-state index in [2.05, 4.69) is 25.7 Å². The van der Waals surface area contributed by atoms with Crippen molar-refractivity contribution in [3.8, 4) is 0 Å². The molecular weight excluding hydrogens is 324 g/mol. The van der Waals surface area contributed by atoms with E-state index in [1.807, 2.05) is 35.9 Å². The summed E-state index contributed by atoms with van der Waals surface area (Å²) in [6.07, 6.45) is 2.64. The molecule has 0 bridgehead atoms. The number of thiazole rings is 1. The number of nitrogens with zero attached hydrogens (tertiary/aromatic N) is 4. The molecule has 8 heteroatoms. The lowest BCUT2D eigenvalue weighted by molar-refractivity contribution is 0.244. The molecule has 1 aliphatic rings. The number of nitrogens with one attached hydrogen (secondary N) is 2. The minimum Gasteiger partial charge on any atom is -0.328 e. The number of aromatic nitrogens is 4. The number of hydrogen-bond acceptors (Lipinski definition) is 5. The summed E-state index contributed by atoms with van der Waals surface area (Å²) in [6.45, 7) is 2.89. The zero-order chi connectivity index (χ0) is 16.5. The smallest absolute Gasteiger partial charge is 0.321 e. The molecule has 4 rings (SSSR count). The highest BCUT2D eigenvalue weighted by atomic mass is 32.1. The van der Waals surface area contributed by atoms with E-state index < -0.39 is 0 Å². The van der Waals surface area contributed by atoms with Gasteiger partial charge in [0.15, 0.2) is 11.0 Å². The molecule has 0 spiro atoms. The Morgan fingerprint density at radius 1 is 1.38 bits per heavy atom. The highest BCUT2D eigenvalue weighted by Crippen LogP contribution is 2.26. The molecule has 124 valence electrons. The molecule has 0 aliphatic carbocycles. The first kappa shape index (κ1) is 15.1. The van der Waals surface area contributed by atoms with Crippen LogP contribution in [0.15, 0.2) is 24.3 Å². The van der Waals surface area contributed by atoms with Gasteiger partial charge in [-0.05, 0) is 25.0 Å². The molecule has 0 unspecified atom stereocenters. The molecule has 7 nitrogen and oxygen atoms in total. The van der Waals surface area contributed by atoms with Crippen molar-refractivity contribution in [2.45, 2.75) is 38.8 Å². The van der Waals surface area contributed by atoms with E-state index in [1.54, 1.807) is 0 Å². The predicted molar refractivity (Wildman–Crippen MR) is 93.1 cm³/mol. The first-order valence-electron chi connectivity index (χ1n) is 8.09. The Morgan fingerprint density at radius 3 is 3.08 bits per heavy atom. The van der Waals surface area contributed by atoms with Crippen LogP contribution in [0.5, 0.6) is 0 Å². The number of amides is 2. The summed E-state index contributed by atoms with van der Waals surface area (Å²) in [7, 11) is 0. The van der Waals surface area contributed by atoms with E-state index in [0.29, 0.717) is 5.13 Å². The molecular formula is C16H18N6OS. The van der Waals surface area contributed by atoms with Gasteiger partial charge < -0.3 is 5.32 Å². The van der Waals surface area contributed by atoms with Crippen molar-refractivity contribution in [2.24, 2.45) is 0 Å². The Hall–Kier alpha value is -2.48. The third kappa shape index (κ3) is 2.84. The highest BCUT2D eigenvalue weighted by Gasteiger charge is 2.25. The first-order chi connectivity index (χ1) is 11.7. The average Bonchev–Trinajstić information content (AvgIpc) is 3.17. The van der Waals surface area contributed by atoms with E-state index >= 15 is 0 Å². The van der Waals surface area contributed by atoms with Gasteiger partial charge in [0.05, 0.1) is 16.3 Å². The molecule has 0 saturated heterocycles. The lowest BCUT2D eigenvalue weighted by Crippen LogP contribution is -2.36. The van der Waals surface area contributed by atoms with Crippen LogP contribution in [-0.4, -0.2) is 25.8 Å². The van der Waals surface area contributed by atoms with Gasteiger partial charge in [0.1, 0.15) is 5.82 Å². The molecule has 0 radical (unpaired) electrons. The van der Waals surface area contributed by atoms with Gasteiger partial charge >= 0.3 is 6.03 Å². The van der Waals surface area contributed by atoms with Gasteiger partial charge in [-0.25, -0.2) is 19.4 Å². The average molecular weight is 342 g/mol. The summed E-state index contributed by atoms with van der Waals surface area (Å²) in [5, 5.41) is 10.9. The largest absolute Gasteiger partial charge is 0.328 e. The Balaban J connectivity index is 1.47. The number of carbonyl (C=O) groups is 1. The molecule has 24 heavy (non-hydrogen) atoms. The molecule has 3 heterocycles.